The van der Waals surface area contributed by atoms with E-state index in [0.717, 1.165) is 11.8 Å². The van der Waals surface area contributed by atoms with Crippen LogP contribution in [-0.4, -0.2) is 38.9 Å². The molecule has 0 aromatic heterocycles. The van der Waals surface area contributed by atoms with Crippen LogP contribution in [0.2, 0.25) is 0 Å². The molecular formula is C18H21NO5S. The number of rotatable bonds is 7. The van der Waals surface area contributed by atoms with Crippen molar-refractivity contribution in [2.45, 2.75) is 23.9 Å². The first kappa shape index (κ1) is 19.0. The zero-order chi connectivity index (χ0) is 18.4. The van der Waals surface area contributed by atoms with Crippen LogP contribution in [-0.2, 0) is 32.3 Å². The van der Waals surface area contributed by atoms with Crippen LogP contribution >= 0.6 is 0 Å². The lowest BCUT2D eigenvalue weighted by atomic mass is 10.0. The topological polar surface area (TPSA) is 92.7 Å². The van der Waals surface area contributed by atoms with Crippen LogP contribution in [0.3, 0.4) is 0 Å². The van der Waals surface area contributed by atoms with Gasteiger partial charge in [-0.3, -0.25) is 4.79 Å². The van der Waals surface area contributed by atoms with E-state index in [0.29, 0.717) is 12.1 Å². The number of carbonyl (C=O) groups is 1. The zero-order valence-electron chi connectivity index (χ0n) is 14.1. The second-order valence-electron chi connectivity index (χ2n) is 5.71. The van der Waals surface area contributed by atoms with Gasteiger partial charge in [0.15, 0.2) is 9.84 Å². The highest BCUT2D eigenvalue weighted by Gasteiger charge is 2.23. The predicted octanol–water partition coefficient (Wildman–Crippen LogP) is 1.67. The monoisotopic (exact) mass is 363 g/mol. The Kier molecular flexibility index (Phi) is 6.17. The third-order valence-corrected chi connectivity index (χ3v) is 4.93. The molecule has 0 fully saturated rings. The van der Waals surface area contributed by atoms with Gasteiger partial charge < -0.3 is 15.2 Å². The van der Waals surface area contributed by atoms with Crippen LogP contribution in [0.1, 0.15) is 11.1 Å². The lowest BCUT2D eigenvalue weighted by Crippen LogP contribution is -2.39. The Morgan fingerprint density at radius 1 is 1.20 bits per heavy atom. The number of nitrogens with one attached hydrogen (secondary N) is 1. The average Bonchev–Trinajstić information content (AvgIpc) is 2.59. The highest BCUT2D eigenvalue weighted by Crippen LogP contribution is 2.23. The molecule has 2 rings (SSSR count). The second-order valence-corrected chi connectivity index (χ2v) is 7.69. The molecule has 25 heavy (non-hydrogen) atoms. The number of phenolic OH excluding ortho intramolecular Hbond substituents is 1. The molecule has 0 unspecified atom stereocenters. The Hall–Kier alpha value is -2.38. The minimum Gasteiger partial charge on any atom is -0.508 e. The van der Waals surface area contributed by atoms with Gasteiger partial charge in [0.05, 0.1) is 12.0 Å². The molecule has 6 nitrogen and oxygen atoms in total. The summed E-state index contributed by atoms with van der Waals surface area (Å²) in [6.07, 6.45) is 1.19. The Balaban J connectivity index is 2.24. The standard InChI is InChI=1S/C18H21NO5S/c1-24-18(21)16(19-12-13-6-4-3-5-7-13)10-14-8-9-15(20)11-17(14)25(2,22)23/h3-9,11,16,19-20H,10,12H2,1-2H3/t16-/m0/s1. The molecule has 2 aromatic carbocycles. The number of esters is 1. The Labute approximate surface area is 147 Å². The quantitative estimate of drug-likeness (QED) is 0.727. The van der Waals surface area contributed by atoms with Crippen LogP contribution in [0.4, 0.5) is 0 Å². The number of aromatic hydroxyl groups is 1. The van der Waals surface area contributed by atoms with Gasteiger partial charge in [-0.1, -0.05) is 36.4 Å². The lowest BCUT2D eigenvalue weighted by Gasteiger charge is -2.18. The van der Waals surface area contributed by atoms with Crippen LogP contribution < -0.4 is 5.32 Å². The third kappa shape index (κ3) is 5.30. The first-order valence-electron chi connectivity index (χ1n) is 7.68. The average molecular weight is 363 g/mol. The van der Waals surface area contributed by atoms with E-state index in [1.165, 1.54) is 25.3 Å². The highest BCUT2D eigenvalue weighted by molar-refractivity contribution is 7.90. The maximum Gasteiger partial charge on any atom is 0.323 e. The van der Waals surface area contributed by atoms with E-state index in [9.17, 15) is 18.3 Å². The summed E-state index contributed by atoms with van der Waals surface area (Å²) in [6.45, 7) is 0.437. The highest BCUT2D eigenvalue weighted by atomic mass is 32.2. The number of ether oxygens (including phenoxy) is 1. The summed E-state index contributed by atoms with van der Waals surface area (Å²) >= 11 is 0. The van der Waals surface area contributed by atoms with E-state index in [1.807, 2.05) is 30.3 Å². The molecule has 0 aliphatic heterocycles. The Bertz CT molecular complexity index is 834. The van der Waals surface area contributed by atoms with Crippen molar-refractivity contribution in [3.05, 3.63) is 59.7 Å². The molecule has 0 aliphatic rings. The summed E-state index contributed by atoms with van der Waals surface area (Å²) in [5, 5.41) is 12.7. The van der Waals surface area contributed by atoms with Gasteiger partial charge in [0.1, 0.15) is 11.8 Å². The predicted molar refractivity (Wildman–Crippen MR) is 94.0 cm³/mol. The summed E-state index contributed by atoms with van der Waals surface area (Å²) < 4.78 is 28.7. The van der Waals surface area contributed by atoms with Crippen molar-refractivity contribution in [2.75, 3.05) is 13.4 Å². The van der Waals surface area contributed by atoms with E-state index in [-0.39, 0.29) is 17.1 Å². The molecule has 0 aliphatic carbocycles. The van der Waals surface area contributed by atoms with Crippen LogP contribution in [0, 0.1) is 0 Å². The van der Waals surface area contributed by atoms with Crippen LogP contribution in [0.25, 0.3) is 0 Å². The molecule has 0 saturated carbocycles. The minimum absolute atomic E-state index is 0.00270. The smallest absolute Gasteiger partial charge is 0.323 e. The summed E-state index contributed by atoms with van der Waals surface area (Å²) in [5.74, 6) is -0.625. The van der Waals surface area contributed by atoms with Crippen LogP contribution in [0.5, 0.6) is 5.75 Å². The molecule has 1 atom stereocenters. The van der Waals surface area contributed by atoms with Gasteiger partial charge in [-0.05, 0) is 29.7 Å². The van der Waals surface area contributed by atoms with Crippen molar-refractivity contribution in [3.8, 4) is 5.75 Å². The maximum absolute atomic E-state index is 12.1. The van der Waals surface area contributed by atoms with Crippen molar-refractivity contribution in [3.63, 3.8) is 0 Å². The minimum atomic E-state index is -3.54. The normalized spacial score (nSPS) is 12.6. The number of hydrogen-bond donors (Lipinski definition) is 2. The molecule has 0 spiro atoms. The van der Waals surface area contributed by atoms with Gasteiger partial charge in [0.2, 0.25) is 0 Å². The van der Waals surface area contributed by atoms with E-state index < -0.39 is 21.8 Å². The molecule has 0 heterocycles. The molecule has 0 amide bonds. The SMILES string of the molecule is COC(=O)[C@H](Cc1ccc(O)cc1S(C)(=O)=O)NCc1ccccc1. The number of sulfone groups is 1. The van der Waals surface area contributed by atoms with E-state index in [4.69, 9.17) is 4.74 Å². The van der Waals surface area contributed by atoms with E-state index >= 15 is 0 Å². The van der Waals surface area contributed by atoms with Crippen molar-refractivity contribution in [1.82, 2.24) is 5.32 Å². The largest absolute Gasteiger partial charge is 0.508 e. The molecule has 2 N–H and O–H groups in total. The summed E-state index contributed by atoms with van der Waals surface area (Å²) in [5.41, 5.74) is 1.43. The number of carbonyl (C=O) groups excluding carboxylic acids is 1. The number of methoxy groups -OCH3 is 1. The van der Waals surface area contributed by atoms with Crippen molar-refractivity contribution < 1.29 is 23.1 Å². The fourth-order valence-electron chi connectivity index (χ4n) is 2.49. The fraction of sp³-hybridized carbons (Fsp3) is 0.278. The molecule has 7 heteroatoms. The van der Waals surface area contributed by atoms with Crippen molar-refractivity contribution in [2.24, 2.45) is 0 Å². The van der Waals surface area contributed by atoms with Gasteiger partial charge >= 0.3 is 5.97 Å². The summed E-state index contributed by atoms with van der Waals surface area (Å²) in [4.78, 5) is 12.1. The molecule has 0 bridgehead atoms. The van der Waals surface area contributed by atoms with Gasteiger partial charge in [-0.15, -0.1) is 0 Å². The molecule has 134 valence electrons. The maximum atomic E-state index is 12.1. The van der Waals surface area contributed by atoms with Gasteiger partial charge in [0.25, 0.3) is 0 Å². The number of benzene rings is 2. The third-order valence-electron chi connectivity index (χ3n) is 3.76. The second kappa shape index (κ2) is 8.13. The fourth-order valence-corrected chi connectivity index (χ4v) is 3.46. The van der Waals surface area contributed by atoms with Gasteiger partial charge in [0, 0.05) is 12.8 Å². The molecule has 0 radical (unpaired) electrons. The van der Waals surface area contributed by atoms with Crippen molar-refractivity contribution in [1.29, 1.82) is 0 Å². The molecular weight excluding hydrogens is 342 g/mol. The van der Waals surface area contributed by atoms with Crippen LogP contribution in [0.15, 0.2) is 53.4 Å². The summed E-state index contributed by atoms with van der Waals surface area (Å²) in [7, 11) is -2.26. The Morgan fingerprint density at radius 3 is 2.48 bits per heavy atom. The lowest BCUT2D eigenvalue weighted by molar-refractivity contribution is -0.143. The molecule has 2 aromatic rings. The molecule has 0 saturated heterocycles. The first-order chi connectivity index (χ1) is 11.8. The first-order valence-corrected chi connectivity index (χ1v) is 9.57. The zero-order valence-corrected chi connectivity index (χ0v) is 14.9. The summed E-state index contributed by atoms with van der Waals surface area (Å²) in [6, 6.07) is 12.9. The van der Waals surface area contributed by atoms with E-state index in [1.54, 1.807) is 0 Å². The van der Waals surface area contributed by atoms with Gasteiger partial charge in [-0.2, -0.15) is 0 Å². The van der Waals surface area contributed by atoms with Gasteiger partial charge in [-0.25, -0.2) is 8.42 Å². The number of phenols is 1. The Morgan fingerprint density at radius 2 is 1.88 bits per heavy atom. The number of hydrogen-bond acceptors (Lipinski definition) is 6. The van der Waals surface area contributed by atoms with Crippen molar-refractivity contribution >= 4 is 15.8 Å². The van der Waals surface area contributed by atoms with E-state index in [2.05, 4.69) is 5.32 Å².